The largest absolute Gasteiger partial charge is 0.451 e. The fourth-order valence-corrected chi connectivity index (χ4v) is 3.62. The van der Waals surface area contributed by atoms with Crippen LogP contribution in [0.5, 0.6) is 0 Å². The van der Waals surface area contributed by atoms with Crippen LogP contribution in [0.25, 0.3) is 17.0 Å². The lowest BCUT2D eigenvalue weighted by atomic mass is 10.1. The van der Waals surface area contributed by atoms with E-state index in [1.54, 1.807) is 42.9 Å². The fourth-order valence-electron chi connectivity index (χ4n) is 3.40. The molecule has 0 radical (unpaired) electrons. The number of alkyl halides is 3. The first-order valence-electron chi connectivity index (χ1n) is 9.70. The van der Waals surface area contributed by atoms with E-state index in [1.807, 2.05) is 6.07 Å². The van der Waals surface area contributed by atoms with Gasteiger partial charge in [-0.25, -0.2) is 4.68 Å². The standard InChI is InChI=1S/C23H17ClF3N3O3/c1-13-20(22(32)30(29(13)2)15-6-4-3-5-7-15)28-21(31)19-11-10-18(33-19)14-8-9-17(24)16(12-14)23(25,26)27/h3-12H,1-2H3,(H,28,31). The smallest absolute Gasteiger partial charge is 0.417 e. The van der Waals surface area contributed by atoms with E-state index >= 15 is 0 Å². The first-order chi connectivity index (χ1) is 15.6. The van der Waals surface area contributed by atoms with Gasteiger partial charge in [-0.15, -0.1) is 0 Å². The molecular formula is C23H17ClF3N3O3. The van der Waals surface area contributed by atoms with Crippen molar-refractivity contribution >= 4 is 23.2 Å². The van der Waals surface area contributed by atoms with E-state index in [-0.39, 0.29) is 22.8 Å². The lowest BCUT2D eigenvalue weighted by Gasteiger charge is -2.09. The lowest BCUT2D eigenvalue weighted by molar-refractivity contribution is -0.137. The molecule has 2 heterocycles. The van der Waals surface area contributed by atoms with Crippen LogP contribution in [0.4, 0.5) is 18.9 Å². The third kappa shape index (κ3) is 4.19. The number of amides is 1. The molecule has 6 nitrogen and oxygen atoms in total. The van der Waals surface area contributed by atoms with Gasteiger partial charge in [0.15, 0.2) is 5.76 Å². The van der Waals surface area contributed by atoms with E-state index in [0.29, 0.717) is 11.4 Å². The van der Waals surface area contributed by atoms with Crippen molar-refractivity contribution in [3.05, 3.63) is 93.1 Å². The molecule has 1 N–H and O–H groups in total. The van der Waals surface area contributed by atoms with Crippen molar-refractivity contribution in [2.75, 3.05) is 5.32 Å². The molecule has 0 atom stereocenters. The van der Waals surface area contributed by atoms with E-state index in [4.69, 9.17) is 16.0 Å². The van der Waals surface area contributed by atoms with Crippen LogP contribution in [0, 0.1) is 6.92 Å². The number of hydrogen-bond donors (Lipinski definition) is 1. The Hall–Kier alpha value is -3.72. The maximum Gasteiger partial charge on any atom is 0.417 e. The van der Waals surface area contributed by atoms with Crippen molar-refractivity contribution in [1.29, 1.82) is 0 Å². The summed E-state index contributed by atoms with van der Waals surface area (Å²) < 4.78 is 47.9. The molecule has 2 aromatic carbocycles. The summed E-state index contributed by atoms with van der Waals surface area (Å²) in [5, 5.41) is 2.11. The predicted octanol–water partition coefficient (Wildman–Crippen LogP) is 5.67. The van der Waals surface area contributed by atoms with Crippen LogP contribution in [0.1, 0.15) is 21.8 Å². The number of nitrogens with zero attached hydrogens (tertiary/aromatic N) is 2. The molecule has 0 aliphatic heterocycles. The van der Waals surface area contributed by atoms with Crippen LogP contribution >= 0.6 is 11.6 Å². The van der Waals surface area contributed by atoms with Gasteiger partial charge >= 0.3 is 6.18 Å². The van der Waals surface area contributed by atoms with Gasteiger partial charge in [0.25, 0.3) is 11.5 Å². The van der Waals surface area contributed by atoms with Crippen LogP contribution in [0.3, 0.4) is 0 Å². The summed E-state index contributed by atoms with van der Waals surface area (Å²) in [5.41, 5.74) is -0.142. The topological polar surface area (TPSA) is 69.2 Å². The van der Waals surface area contributed by atoms with Gasteiger partial charge in [0.2, 0.25) is 0 Å². The number of hydrogen-bond acceptors (Lipinski definition) is 3. The molecule has 33 heavy (non-hydrogen) atoms. The molecule has 0 bridgehead atoms. The molecule has 4 aromatic rings. The van der Waals surface area contributed by atoms with Gasteiger partial charge in [-0.1, -0.05) is 29.8 Å². The average molecular weight is 476 g/mol. The van der Waals surface area contributed by atoms with Gasteiger partial charge in [0.1, 0.15) is 11.4 Å². The fraction of sp³-hybridized carbons (Fsp3) is 0.130. The van der Waals surface area contributed by atoms with Crippen LogP contribution in [0.15, 0.2) is 69.9 Å². The minimum absolute atomic E-state index is 0.0498. The molecule has 1 amide bonds. The van der Waals surface area contributed by atoms with Crippen molar-refractivity contribution in [3.63, 3.8) is 0 Å². The van der Waals surface area contributed by atoms with Crippen molar-refractivity contribution < 1.29 is 22.4 Å². The summed E-state index contributed by atoms with van der Waals surface area (Å²) in [4.78, 5) is 25.7. The number of carbonyl (C=O) groups is 1. The Labute approximate surface area is 190 Å². The molecule has 0 unspecified atom stereocenters. The number of nitrogens with one attached hydrogen (secondary N) is 1. The molecule has 10 heteroatoms. The van der Waals surface area contributed by atoms with Crippen molar-refractivity contribution in [3.8, 4) is 17.0 Å². The lowest BCUT2D eigenvalue weighted by Crippen LogP contribution is -2.22. The Morgan fingerprint density at radius 1 is 1.06 bits per heavy atom. The monoisotopic (exact) mass is 475 g/mol. The zero-order valence-corrected chi connectivity index (χ0v) is 18.2. The van der Waals surface area contributed by atoms with Crippen molar-refractivity contribution in [1.82, 2.24) is 9.36 Å². The number of halogens is 4. The number of furan rings is 1. The van der Waals surface area contributed by atoms with E-state index in [1.165, 1.54) is 22.9 Å². The second kappa shape index (κ2) is 8.32. The number of anilines is 1. The highest BCUT2D eigenvalue weighted by molar-refractivity contribution is 6.31. The number of rotatable bonds is 4. The van der Waals surface area contributed by atoms with Gasteiger partial charge in [-0.3, -0.25) is 14.3 Å². The van der Waals surface area contributed by atoms with Crippen molar-refractivity contribution in [2.24, 2.45) is 7.05 Å². The van der Waals surface area contributed by atoms with Crippen LogP contribution in [0.2, 0.25) is 5.02 Å². The Bertz CT molecular complexity index is 1400. The predicted molar refractivity (Wildman–Crippen MR) is 118 cm³/mol. The molecule has 0 saturated heterocycles. The second-order valence-corrected chi connectivity index (χ2v) is 7.65. The van der Waals surface area contributed by atoms with E-state index in [9.17, 15) is 22.8 Å². The number of para-hydroxylation sites is 1. The molecule has 0 spiro atoms. The summed E-state index contributed by atoms with van der Waals surface area (Å²) in [5.74, 6) is -0.825. The highest BCUT2D eigenvalue weighted by Gasteiger charge is 2.33. The zero-order chi connectivity index (χ0) is 23.9. The number of aromatic nitrogens is 2. The average Bonchev–Trinajstić information content (AvgIpc) is 3.34. The minimum Gasteiger partial charge on any atom is -0.451 e. The first-order valence-corrected chi connectivity index (χ1v) is 10.1. The Balaban J connectivity index is 1.63. The molecule has 0 aliphatic carbocycles. The SMILES string of the molecule is Cc1c(NC(=O)c2ccc(-c3ccc(Cl)c(C(F)(F)F)c3)o2)c(=O)n(-c2ccccc2)n1C. The molecule has 4 rings (SSSR count). The number of benzene rings is 2. The van der Waals surface area contributed by atoms with Gasteiger partial charge in [-0.05, 0) is 49.4 Å². The summed E-state index contributed by atoms with van der Waals surface area (Å²) >= 11 is 5.65. The van der Waals surface area contributed by atoms with Gasteiger partial charge in [-0.2, -0.15) is 13.2 Å². The Morgan fingerprint density at radius 2 is 1.76 bits per heavy atom. The molecule has 170 valence electrons. The van der Waals surface area contributed by atoms with E-state index in [2.05, 4.69) is 5.32 Å². The quantitative estimate of drug-likeness (QED) is 0.413. The third-order valence-electron chi connectivity index (χ3n) is 5.18. The second-order valence-electron chi connectivity index (χ2n) is 7.25. The highest BCUT2D eigenvalue weighted by atomic mass is 35.5. The van der Waals surface area contributed by atoms with Crippen LogP contribution in [-0.4, -0.2) is 15.3 Å². The maximum absolute atomic E-state index is 13.1. The van der Waals surface area contributed by atoms with Crippen molar-refractivity contribution in [2.45, 2.75) is 13.1 Å². The molecule has 0 fully saturated rings. The third-order valence-corrected chi connectivity index (χ3v) is 5.51. The zero-order valence-electron chi connectivity index (χ0n) is 17.4. The maximum atomic E-state index is 13.1. The Morgan fingerprint density at radius 3 is 2.42 bits per heavy atom. The number of carbonyl (C=O) groups excluding carboxylic acids is 1. The molecular weight excluding hydrogens is 459 g/mol. The summed E-state index contributed by atoms with van der Waals surface area (Å²) in [6, 6.07) is 14.9. The van der Waals surface area contributed by atoms with Crippen LogP contribution < -0.4 is 10.9 Å². The van der Waals surface area contributed by atoms with E-state index < -0.39 is 28.2 Å². The van der Waals surface area contributed by atoms with Gasteiger partial charge < -0.3 is 9.73 Å². The Kier molecular flexibility index (Phi) is 5.67. The highest BCUT2D eigenvalue weighted by Crippen LogP contribution is 2.37. The van der Waals surface area contributed by atoms with Crippen LogP contribution in [-0.2, 0) is 13.2 Å². The molecule has 0 saturated carbocycles. The van der Waals surface area contributed by atoms with Gasteiger partial charge in [0, 0.05) is 12.6 Å². The van der Waals surface area contributed by atoms with Gasteiger partial charge in [0.05, 0.1) is 22.0 Å². The summed E-state index contributed by atoms with van der Waals surface area (Å²) in [7, 11) is 1.68. The minimum atomic E-state index is -4.64. The van der Waals surface area contributed by atoms with E-state index in [0.717, 1.165) is 12.1 Å². The summed E-state index contributed by atoms with van der Waals surface area (Å²) in [6.07, 6.45) is -4.64. The summed E-state index contributed by atoms with van der Waals surface area (Å²) in [6.45, 7) is 1.68. The first kappa shape index (κ1) is 22.5. The normalized spacial score (nSPS) is 11.6. The molecule has 2 aromatic heterocycles. The molecule has 0 aliphatic rings.